The first-order valence-corrected chi connectivity index (χ1v) is 9.39. The number of rotatable bonds is 6. The third-order valence-electron chi connectivity index (χ3n) is 4.30. The van der Waals surface area contributed by atoms with Crippen LogP contribution in [0, 0.1) is 5.92 Å². The van der Waals surface area contributed by atoms with Crippen molar-refractivity contribution in [2.24, 2.45) is 5.92 Å². The summed E-state index contributed by atoms with van der Waals surface area (Å²) in [6.45, 7) is 5.68. The summed E-state index contributed by atoms with van der Waals surface area (Å²) in [6, 6.07) is 8.58. The lowest BCUT2D eigenvalue weighted by Gasteiger charge is -2.14. The van der Waals surface area contributed by atoms with Crippen LogP contribution >= 0.6 is 0 Å². The minimum absolute atomic E-state index is 0.291. The molecule has 1 aromatic carbocycles. The van der Waals surface area contributed by atoms with Gasteiger partial charge in [-0.1, -0.05) is 6.92 Å². The highest BCUT2D eigenvalue weighted by atomic mass is 32.2. The van der Waals surface area contributed by atoms with E-state index in [1.54, 1.807) is 35.1 Å². The molecule has 3 rings (SSSR count). The van der Waals surface area contributed by atoms with Crippen LogP contribution in [0.3, 0.4) is 0 Å². The van der Waals surface area contributed by atoms with Crippen LogP contribution in [0.2, 0.25) is 0 Å². The molecule has 1 aromatic heterocycles. The van der Waals surface area contributed by atoms with Crippen LogP contribution in [0.15, 0.2) is 47.6 Å². The lowest BCUT2D eigenvalue weighted by Crippen LogP contribution is -2.31. The van der Waals surface area contributed by atoms with E-state index >= 15 is 0 Å². The van der Waals surface area contributed by atoms with Gasteiger partial charge in [-0.3, -0.25) is 0 Å². The maximum atomic E-state index is 12.4. The smallest absolute Gasteiger partial charge is 0.240 e. The van der Waals surface area contributed by atoms with Gasteiger partial charge in [0.15, 0.2) is 0 Å². The molecule has 0 aliphatic carbocycles. The Hall–Kier alpha value is -1.70. The van der Waals surface area contributed by atoms with Gasteiger partial charge >= 0.3 is 0 Å². The normalized spacial score (nSPS) is 19.3. The first-order valence-electron chi connectivity index (χ1n) is 7.90. The van der Waals surface area contributed by atoms with E-state index in [1.165, 1.54) is 0 Å². The Morgan fingerprint density at radius 1 is 1.30 bits per heavy atom. The maximum Gasteiger partial charge on any atom is 0.240 e. The van der Waals surface area contributed by atoms with Gasteiger partial charge in [0.2, 0.25) is 10.0 Å². The molecule has 0 bridgehead atoms. The number of hydrogen-bond donors (Lipinski definition) is 1. The zero-order chi connectivity index (χ0) is 16.3. The third-order valence-corrected chi connectivity index (χ3v) is 5.73. The van der Waals surface area contributed by atoms with E-state index in [1.807, 2.05) is 12.3 Å². The quantitative estimate of drug-likeness (QED) is 0.869. The van der Waals surface area contributed by atoms with Gasteiger partial charge in [-0.15, -0.1) is 0 Å². The molecule has 23 heavy (non-hydrogen) atoms. The van der Waals surface area contributed by atoms with Gasteiger partial charge in [0, 0.05) is 25.5 Å². The van der Waals surface area contributed by atoms with Crippen LogP contribution in [0.4, 0.5) is 0 Å². The Morgan fingerprint density at radius 3 is 2.70 bits per heavy atom. The van der Waals surface area contributed by atoms with E-state index in [0.29, 0.717) is 17.4 Å². The summed E-state index contributed by atoms with van der Waals surface area (Å²) in [5.74, 6) is 0.396. The Bertz CT molecular complexity index is 726. The summed E-state index contributed by atoms with van der Waals surface area (Å²) in [6.07, 6.45) is 4.56. The molecule has 1 aliphatic heterocycles. The second-order valence-electron chi connectivity index (χ2n) is 5.84. The molecule has 0 saturated carbocycles. The highest BCUT2D eigenvalue weighted by Gasteiger charge is 2.23. The first-order chi connectivity index (χ1) is 11.1. The molecule has 7 heteroatoms. The number of likely N-dealkylation sites (tertiary alicyclic amines) is 1. The van der Waals surface area contributed by atoms with Crippen LogP contribution in [-0.4, -0.2) is 49.3 Å². The Morgan fingerprint density at radius 2 is 2.09 bits per heavy atom. The monoisotopic (exact) mass is 334 g/mol. The van der Waals surface area contributed by atoms with Crippen molar-refractivity contribution < 1.29 is 8.42 Å². The van der Waals surface area contributed by atoms with Crippen molar-refractivity contribution in [1.29, 1.82) is 0 Å². The van der Waals surface area contributed by atoms with E-state index in [0.717, 1.165) is 31.7 Å². The van der Waals surface area contributed by atoms with Gasteiger partial charge in [0.05, 0.1) is 10.6 Å². The molecule has 1 aliphatic rings. The van der Waals surface area contributed by atoms with Gasteiger partial charge in [-0.2, -0.15) is 5.10 Å². The molecule has 1 atom stereocenters. The predicted octanol–water partition coefficient (Wildman–Crippen LogP) is 1.49. The van der Waals surface area contributed by atoms with E-state index in [9.17, 15) is 8.42 Å². The Labute approximate surface area is 137 Å². The lowest BCUT2D eigenvalue weighted by molar-refractivity contribution is 0.342. The van der Waals surface area contributed by atoms with Crippen molar-refractivity contribution >= 4 is 10.0 Å². The summed E-state index contributed by atoms with van der Waals surface area (Å²) in [4.78, 5) is 2.64. The average Bonchev–Trinajstić information content (AvgIpc) is 3.25. The zero-order valence-electron chi connectivity index (χ0n) is 13.2. The Kier molecular flexibility index (Phi) is 4.79. The molecule has 0 radical (unpaired) electrons. The third kappa shape index (κ3) is 3.80. The number of hydrogen-bond acceptors (Lipinski definition) is 4. The molecule has 0 amide bonds. The van der Waals surface area contributed by atoms with E-state index in [2.05, 4.69) is 21.6 Å². The number of nitrogens with one attached hydrogen (secondary N) is 1. The van der Waals surface area contributed by atoms with Crippen LogP contribution in [0.25, 0.3) is 5.69 Å². The number of nitrogens with zero attached hydrogens (tertiary/aromatic N) is 3. The molecule has 124 valence electrons. The van der Waals surface area contributed by atoms with E-state index in [4.69, 9.17) is 0 Å². The molecule has 1 N–H and O–H groups in total. The number of sulfonamides is 1. The lowest BCUT2D eigenvalue weighted by atomic mass is 10.1. The fourth-order valence-electron chi connectivity index (χ4n) is 2.88. The van der Waals surface area contributed by atoms with Crippen LogP contribution in [0.5, 0.6) is 0 Å². The second-order valence-corrected chi connectivity index (χ2v) is 7.61. The SMILES string of the molecule is CCN1CC[C@@H](CNS(=O)(=O)c2ccc(-n3cccn3)cc2)C1. The van der Waals surface area contributed by atoms with Crippen molar-refractivity contribution in [2.75, 3.05) is 26.2 Å². The van der Waals surface area contributed by atoms with Crippen molar-refractivity contribution in [3.05, 3.63) is 42.7 Å². The highest BCUT2D eigenvalue weighted by molar-refractivity contribution is 7.89. The highest BCUT2D eigenvalue weighted by Crippen LogP contribution is 2.17. The standard InChI is InChI=1S/C16H22N4O2S/c1-2-19-11-8-14(13-19)12-18-23(21,22)16-6-4-15(5-7-16)20-10-3-9-17-20/h3-7,9-10,14,18H,2,8,11-13H2,1H3/t14-/m0/s1. The molecule has 0 spiro atoms. The molecule has 2 aromatic rings. The minimum Gasteiger partial charge on any atom is -0.303 e. The zero-order valence-corrected chi connectivity index (χ0v) is 14.0. The first kappa shape index (κ1) is 16.2. The van der Waals surface area contributed by atoms with Crippen molar-refractivity contribution in [2.45, 2.75) is 18.2 Å². The van der Waals surface area contributed by atoms with Gasteiger partial charge < -0.3 is 4.90 Å². The maximum absolute atomic E-state index is 12.4. The molecule has 1 saturated heterocycles. The van der Waals surface area contributed by atoms with Crippen LogP contribution in [0.1, 0.15) is 13.3 Å². The van der Waals surface area contributed by atoms with Crippen molar-refractivity contribution in [3.63, 3.8) is 0 Å². The topological polar surface area (TPSA) is 67.2 Å². The molecule has 2 heterocycles. The molecule has 1 fully saturated rings. The molecular weight excluding hydrogens is 312 g/mol. The van der Waals surface area contributed by atoms with Crippen molar-refractivity contribution in [1.82, 2.24) is 19.4 Å². The summed E-state index contributed by atoms with van der Waals surface area (Å²) in [5.41, 5.74) is 0.836. The van der Waals surface area contributed by atoms with Gasteiger partial charge in [-0.25, -0.2) is 17.8 Å². The fraction of sp³-hybridized carbons (Fsp3) is 0.438. The predicted molar refractivity (Wildman–Crippen MR) is 89.0 cm³/mol. The Balaban J connectivity index is 1.63. The largest absolute Gasteiger partial charge is 0.303 e. The van der Waals surface area contributed by atoms with Crippen molar-refractivity contribution in [3.8, 4) is 5.69 Å². The fourth-order valence-corrected chi connectivity index (χ4v) is 3.99. The van der Waals surface area contributed by atoms with Gasteiger partial charge in [0.25, 0.3) is 0 Å². The van der Waals surface area contributed by atoms with Gasteiger partial charge in [-0.05, 0) is 55.8 Å². The van der Waals surface area contributed by atoms with E-state index < -0.39 is 10.0 Å². The molecular formula is C16H22N4O2S. The summed E-state index contributed by atoms with van der Waals surface area (Å²) < 4.78 is 29.2. The average molecular weight is 334 g/mol. The number of benzene rings is 1. The summed E-state index contributed by atoms with van der Waals surface area (Å²) in [5, 5.41) is 4.13. The summed E-state index contributed by atoms with van der Waals surface area (Å²) >= 11 is 0. The molecule has 6 nitrogen and oxygen atoms in total. The van der Waals surface area contributed by atoms with E-state index in [-0.39, 0.29) is 0 Å². The van der Waals surface area contributed by atoms with Gasteiger partial charge in [0.1, 0.15) is 0 Å². The number of aromatic nitrogens is 2. The minimum atomic E-state index is -3.46. The summed E-state index contributed by atoms with van der Waals surface area (Å²) in [7, 11) is -3.46. The second kappa shape index (κ2) is 6.82. The van der Waals surface area contributed by atoms with Crippen LogP contribution in [-0.2, 0) is 10.0 Å². The van der Waals surface area contributed by atoms with Crippen LogP contribution < -0.4 is 4.72 Å². The molecule has 0 unspecified atom stereocenters.